The van der Waals surface area contributed by atoms with Crippen LogP contribution in [-0.2, 0) is 56.1 Å². The van der Waals surface area contributed by atoms with Crippen molar-refractivity contribution in [3.8, 4) is 0 Å². The van der Waals surface area contributed by atoms with Crippen molar-refractivity contribution < 1.29 is 77.9 Å². The first-order valence-corrected chi connectivity index (χ1v) is 23.7. The number of urea groups is 1. The van der Waals surface area contributed by atoms with E-state index in [4.69, 9.17) is 0 Å². The molecule has 0 saturated heterocycles. The van der Waals surface area contributed by atoms with Crippen LogP contribution in [0.25, 0.3) is 10.8 Å². The summed E-state index contributed by atoms with van der Waals surface area (Å²) >= 11 is 0. The highest BCUT2D eigenvalue weighted by molar-refractivity contribution is 5.99. The highest BCUT2D eigenvalue weighted by Gasteiger charge is 2.29. The predicted molar refractivity (Wildman–Crippen MR) is 266 cm³/mol. The number of methoxy groups -OCH3 is 1. The van der Waals surface area contributed by atoms with Gasteiger partial charge in [-0.2, -0.15) is 0 Å². The van der Waals surface area contributed by atoms with Gasteiger partial charge in [0.15, 0.2) is 0 Å². The van der Waals surface area contributed by atoms with E-state index in [0.717, 1.165) is 23.4 Å². The van der Waals surface area contributed by atoms with Crippen molar-refractivity contribution in [1.29, 1.82) is 0 Å². The van der Waals surface area contributed by atoms with Crippen LogP contribution in [0.1, 0.15) is 95.3 Å². The maximum absolute atomic E-state index is 13.7. The standard InChI is InChI=1S/C51H60N8O16/c1-29-10-14-35(28-53-29)45(66)55-37(19-22-42(62)63)48(69)56-36(18-21-41(60)61)46(67)54-27-30-11-16-33(17-12-30)44(65)57-40(26-31-13-15-32-7-3-4-8-34(32)25-31)47(68)52-24-6-5-9-38(49(70)71)58-51(74)59-39(50(72)73)20-23-43(64)75-2/h3-4,7-8,10-17,25,28,36-40H,5-6,9,18-24,26-27H2,1-2H3,(H,52,68)(H,54,67)(H,55,66)(H,56,69)(H,57,65)(H,60,61)(H,62,63)(H,70,71)(H,72,73)(H2,58,59,74). The normalized spacial score (nSPS) is 12.8. The largest absolute Gasteiger partial charge is 0.481 e. The Morgan fingerprint density at radius 3 is 1.68 bits per heavy atom. The van der Waals surface area contributed by atoms with Gasteiger partial charge in [-0.05, 0) is 91.6 Å². The molecule has 75 heavy (non-hydrogen) atoms. The van der Waals surface area contributed by atoms with Crippen molar-refractivity contribution >= 4 is 76.2 Å². The van der Waals surface area contributed by atoms with Gasteiger partial charge >= 0.3 is 35.9 Å². The summed E-state index contributed by atoms with van der Waals surface area (Å²) in [6.45, 7) is 1.60. The van der Waals surface area contributed by atoms with Crippen molar-refractivity contribution in [1.82, 2.24) is 42.2 Å². The first-order chi connectivity index (χ1) is 35.7. The molecule has 0 radical (unpaired) electrons. The molecule has 0 spiro atoms. The lowest BCUT2D eigenvalue weighted by Crippen LogP contribution is -2.53. The molecule has 0 aliphatic rings. The van der Waals surface area contributed by atoms with E-state index in [2.05, 4.69) is 46.9 Å². The van der Waals surface area contributed by atoms with E-state index in [1.807, 2.05) is 42.5 Å². The van der Waals surface area contributed by atoms with E-state index >= 15 is 0 Å². The number of hydrogen-bond donors (Lipinski definition) is 11. The molecule has 7 amide bonds. The fourth-order valence-corrected chi connectivity index (χ4v) is 7.37. The smallest absolute Gasteiger partial charge is 0.326 e. The van der Waals surface area contributed by atoms with E-state index in [0.29, 0.717) is 11.3 Å². The third-order valence-corrected chi connectivity index (χ3v) is 11.6. The van der Waals surface area contributed by atoms with Gasteiger partial charge in [0.1, 0.15) is 30.2 Å². The van der Waals surface area contributed by atoms with Gasteiger partial charge in [0.2, 0.25) is 17.7 Å². The molecule has 0 saturated carbocycles. The summed E-state index contributed by atoms with van der Waals surface area (Å²) in [6, 6.07) is 14.2. The molecule has 5 atom stereocenters. The van der Waals surface area contributed by atoms with Gasteiger partial charge in [-0.15, -0.1) is 0 Å². The monoisotopic (exact) mass is 1040 g/mol. The Balaban J connectivity index is 1.38. The van der Waals surface area contributed by atoms with E-state index in [-0.39, 0.29) is 75.6 Å². The maximum Gasteiger partial charge on any atom is 0.326 e. The number of aromatic nitrogens is 1. The summed E-state index contributed by atoms with van der Waals surface area (Å²) in [7, 11) is 1.12. The SMILES string of the molecule is COC(=O)CCC(NC(=O)NC(CCCCNC(=O)C(Cc1ccc2ccccc2c1)NC(=O)c1ccc(CNC(=O)C(CCC(=O)O)NC(=O)C(CCC(=O)O)NC(=O)c2ccc(C)nc2)cc1)C(=O)O)C(=O)O. The molecule has 3 aromatic carbocycles. The molecule has 1 heterocycles. The number of hydrogen-bond acceptors (Lipinski definition) is 13. The fourth-order valence-electron chi connectivity index (χ4n) is 7.37. The second-order valence-electron chi connectivity index (χ2n) is 17.3. The van der Waals surface area contributed by atoms with Gasteiger partial charge in [0.05, 0.1) is 12.7 Å². The average Bonchev–Trinajstić information content (AvgIpc) is 3.38. The zero-order valence-electron chi connectivity index (χ0n) is 41.1. The molecule has 1 aromatic heterocycles. The lowest BCUT2D eigenvalue weighted by molar-refractivity contribution is -0.143. The number of ether oxygens (including phenoxy) is 1. The van der Waals surface area contributed by atoms with Crippen LogP contribution in [0.3, 0.4) is 0 Å². The second kappa shape index (κ2) is 29.5. The van der Waals surface area contributed by atoms with Crippen molar-refractivity contribution in [3.63, 3.8) is 0 Å². The number of benzene rings is 3. The topological polar surface area (TPSA) is 375 Å². The predicted octanol–water partition coefficient (Wildman–Crippen LogP) is 1.96. The first-order valence-electron chi connectivity index (χ1n) is 23.7. The van der Waals surface area contributed by atoms with E-state index < -0.39 is 108 Å². The zero-order valence-corrected chi connectivity index (χ0v) is 41.1. The minimum Gasteiger partial charge on any atom is -0.481 e. The van der Waals surface area contributed by atoms with Crippen LogP contribution in [0.5, 0.6) is 0 Å². The van der Waals surface area contributed by atoms with Crippen LogP contribution in [-0.4, -0.2) is 135 Å². The number of unbranched alkanes of at least 4 members (excludes halogenated alkanes) is 1. The summed E-state index contributed by atoms with van der Waals surface area (Å²) in [4.78, 5) is 142. The molecule has 0 bridgehead atoms. The van der Waals surface area contributed by atoms with Crippen molar-refractivity contribution in [2.24, 2.45) is 0 Å². The Kier molecular flexibility index (Phi) is 23.1. The summed E-state index contributed by atoms with van der Waals surface area (Å²) in [5.74, 6) is -9.67. The molecule has 0 aliphatic carbocycles. The first kappa shape index (κ1) is 58.6. The zero-order chi connectivity index (χ0) is 55.0. The van der Waals surface area contributed by atoms with Crippen LogP contribution in [0.15, 0.2) is 85.1 Å². The number of aliphatic carboxylic acids is 4. The van der Waals surface area contributed by atoms with Gasteiger partial charge in [-0.1, -0.05) is 54.6 Å². The second-order valence-corrected chi connectivity index (χ2v) is 17.3. The third-order valence-electron chi connectivity index (χ3n) is 11.6. The molecular weight excluding hydrogens is 981 g/mol. The fraction of sp³-hybridized carbons (Fsp3) is 0.373. The van der Waals surface area contributed by atoms with Crippen LogP contribution in [0.2, 0.25) is 0 Å². The van der Waals surface area contributed by atoms with Gasteiger partial charge in [0, 0.05) is 56.2 Å². The number of carbonyl (C=O) groups excluding carboxylic acids is 7. The Morgan fingerprint density at radius 1 is 0.533 bits per heavy atom. The highest BCUT2D eigenvalue weighted by Crippen LogP contribution is 2.18. The lowest BCUT2D eigenvalue weighted by Gasteiger charge is -2.23. The number of pyridine rings is 1. The van der Waals surface area contributed by atoms with Crippen LogP contribution in [0, 0.1) is 6.92 Å². The molecule has 24 nitrogen and oxygen atoms in total. The minimum absolute atomic E-state index is 0.0468. The molecule has 5 unspecified atom stereocenters. The molecule has 0 aliphatic heterocycles. The number of carbonyl (C=O) groups is 11. The van der Waals surface area contributed by atoms with Crippen LogP contribution < -0.4 is 37.2 Å². The molecule has 0 fully saturated rings. The van der Waals surface area contributed by atoms with E-state index in [9.17, 15) is 73.2 Å². The summed E-state index contributed by atoms with van der Waals surface area (Å²) in [5, 5.41) is 57.0. The number of rotatable bonds is 30. The third kappa shape index (κ3) is 20.2. The number of amides is 7. The van der Waals surface area contributed by atoms with Gasteiger partial charge in [-0.25, -0.2) is 14.4 Å². The molecule has 4 rings (SSSR count). The van der Waals surface area contributed by atoms with Gasteiger partial charge < -0.3 is 62.4 Å². The number of carboxylic acids is 4. The van der Waals surface area contributed by atoms with Gasteiger partial charge in [-0.3, -0.25) is 43.3 Å². The molecule has 400 valence electrons. The highest BCUT2D eigenvalue weighted by atomic mass is 16.5. The van der Waals surface area contributed by atoms with E-state index in [1.54, 1.807) is 13.0 Å². The number of esters is 1. The molecule has 4 aromatic rings. The van der Waals surface area contributed by atoms with Crippen molar-refractivity contribution in [2.45, 2.75) is 108 Å². The average molecular weight is 1040 g/mol. The number of fused-ring (bicyclic) bond motifs is 1. The Hall–Kier alpha value is -8.96. The molecular formula is C51H60N8O16. The quantitative estimate of drug-likeness (QED) is 0.0263. The Labute approximate surface area is 429 Å². The lowest BCUT2D eigenvalue weighted by atomic mass is 10.0. The molecule has 24 heteroatoms. The molecule has 11 N–H and O–H groups in total. The van der Waals surface area contributed by atoms with Crippen LogP contribution in [0.4, 0.5) is 4.79 Å². The maximum atomic E-state index is 13.7. The Bertz CT molecular complexity index is 2700. The minimum atomic E-state index is -1.49. The van der Waals surface area contributed by atoms with Gasteiger partial charge in [0.25, 0.3) is 11.8 Å². The van der Waals surface area contributed by atoms with E-state index in [1.165, 1.54) is 36.5 Å². The number of nitrogens with zero attached hydrogens (tertiary/aromatic N) is 1. The van der Waals surface area contributed by atoms with Crippen LogP contribution >= 0.6 is 0 Å². The summed E-state index contributed by atoms with van der Waals surface area (Å²) in [5.41, 5.74) is 2.05. The number of carboxylic acid groups (broad SMARTS) is 4. The van der Waals surface area contributed by atoms with Crippen molar-refractivity contribution in [3.05, 3.63) is 113 Å². The summed E-state index contributed by atoms with van der Waals surface area (Å²) in [6.07, 6.45) is -0.668. The number of aryl methyl sites for hydroxylation is 1. The number of nitrogens with one attached hydrogen (secondary N) is 7. The Morgan fingerprint density at radius 2 is 1.08 bits per heavy atom. The van der Waals surface area contributed by atoms with Crippen molar-refractivity contribution in [2.75, 3.05) is 13.7 Å². The summed E-state index contributed by atoms with van der Waals surface area (Å²) < 4.78 is 4.49.